The van der Waals surface area contributed by atoms with Crippen molar-refractivity contribution < 1.29 is 19.5 Å². The van der Waals surface area contributed by atoms with Crippen LogP contribution in [0.5, 0.6) is 0 Å². The van der Waals surface area contributed by atoms with Gasteiger partial charge in [-0.25, -0.2) is 4.79 Å². The highest BCUT2D eigenvalue weighted by atomic mass is 16.4. The van der Waals surface area contributed by atoms with Crippen LogP contribution in [0.1, 0.15) is 32.1 Å². The van der Waals surface area contributed by atoms with Crippen LogP contribution in [0.25, 0.3) is 0 Å². The van der Waals surface area contributed by atoms with Gasteiger partial charge in [0.15, 0.2) is 0 Å². The van der Waals surface area contributed by atoms with E-state index < -0.39 is 24.3 Å². The lowest BCUT2D eigenvalue weighted by molar-refractivity contribution is -0.144. The summed E-state index contributed by atoms with van der Waals surface area (Å²) in [4.78, 5) is 33.4. The van der Waals surface area contributed by atoms with Crippen molar-refractivity contribution in [3.8, 4) is 0 Å². The normalized spacial score (nSPS) is 25.2. The van der Waals surface area contributed by atoms with Crippen molar-refractivity contribution in [2.75, 3.05) is 0 Å². The zero-order valence-electron chi connectivity index (χ0n) is 10.1. The second kappa shape index (κ2) is 6.34. The summed E-state index contributed by atoms with van der Waals surface area (Å²) in [5.74, 6) is -2.57. The molecule has 6 N–H and O–H groups in total. The van der Waals surface area contributed by atoms with E-state index in [4.69, 9.17) is 16.6 Å². The summed E-state index contributed by atoms with van der Waals surface area (Å²) in [7, 11) is 0. The molecule has 0 radical (unpaired) electrons. The van der Waals surface area contributed by atoms with Crippen molar-refractivity contribution in [1.82, 2.24) is 5.32 Å². The summed E-state index contributed by atoms with van der Waals surface area (Å²) in [5.41, 5.74) is 10.7. The highest BCUT2D eigenvalue weighted by Crippen LogP contribution is 2.23. The van der Waals surface area contributed by atoms with Crippen LogP contribution in [0.4, 0.5) is 0 Å². The largest absolute Gasteiger partial charge is 0.480 e. The molecule has 1 saturated carbocycles. The third-order valence-electron chi connectivity index (χ3n) is 3.16. The Morgan fingerprint density at radius 1 is 1.22 bits per heavy atom. The first-order chi connectivity index (χ1) is 8.40. The van der Waals surface area contributed by atoms with Gasteiger partial charge in [-0.15, -0.1) is 0 Å². The van der Waals surface area contributed by atoms with E-state index in [1.54, 1.807) is 0 Å². The average molecular weight is 257 g/mol. The average Bonchev–Trinajstić information content (AvgIpc) is 2.28. The van der Waals surface area contributed by atoms with Gasteiger partial charge >= 0.3 is 5.97 Å². The maximum absolute atomic E-state index is 11.8. The molecule has 1 aliphatic rings. The van der Waals surface area contributed by atoms with Crippen molar-refractivity contribution in [2.24, 2.45) is 17.4 Å². The van der Waals surface area contributed by atoms with Gasteiger partial charge in [-0.1, -0.05) is 0 Å². The Hall–Kier alpha value is -1.63. The number of aliphatic carboxylic acids is 1. The van der Waals surface area contributed by atoms with Crippen LogP contribution in [0.2, 0.25) is 0 Å². The van der Waals surface area contributed by atoms with Gasteiger partial charge in [0, 0.05) is 12.0 Å². The zero-order chi connectivity index (χ0) is 13.7. The number of hydrogen-bond acceptors (Lipinski definition) is 4. The molecule has 18 heavy (non-hydrogen) atoms. The molecule has 1 unspecified atom stereocenters. The molecule has 7 nitrogen and oxygen atoms in total. The molecular formula is C11H19N3O4. The Bertz CT molecular complexity index is 337. The van der Waals surface area contributed by atoms with Crippen LogP contribution in [0, 0.1) is 5.92 Å². The number of primary amides is 1. The Morgan fingerprint density at radius 2 is 1.78 bits per heavy atom. The molecule has 0 heterocycles. The van der Waals surface area contributed by atoms with E-state index in [-0.39, 0.29) is 17.9 Å². The molecular weight excluding hydrogens is 238 g/mol. The Morgan fingerprint density at radius 3 is 2.22 bits per heavy atom. The Kier molecular flexibility index (Phi) is 5.08. The maximum atomic E-state index is 11.8. The summed E-state index contributed by atoms with van der Waals surface area (Å²) in [6.07, 6.45) is 2.41. The first-order valence-electron chi connectivity index (χ1n) is 5.97. The minimum atomic E-state index is -1.25. The molecule has 0 aromatic rings. The van der Waals surface area contributed by atoms with Crippen LogP contribution >= 0.6 is 0 Å². The molecule has 102 valence electrons. The van der Waals surface area contributed by atoms with Gasteiger partial charge in [0.25, 0.3) is 0 Å². The minimum absolute atomic E-state index is 0.120. The number of carbonyl (C=O) groups excluding carboxylic acids is 2. The van der Waals surface area contributed by atoms with E-state index in [9.17, 15) is 14.4 Å². The van der Waals surface area contributed by atoms with Crippen molar-refractivity contribution in [3.63, 3.8) is 0 Å². The van der Waals surface area contributed by atoms with Gasteiger partial charge in [0.2, 0.25) is 11.8 Å². The summed E-state index contributed by atoms with van der Waals surface area (Å²) >= 11 is 0. The zero-order valence-corrected chi connectivity index (χ0v) is 10.1. The number of rotatable bonds is 5. The van der Waals surface area contributed by atoms with E-state index >= 15 is 0 Å². The van der Waals surface area contributed by atoms with Gasteiger partial charge in [0.1, 0.15) is 6.04 Å². The summed E-state index contributed by atoms with van der Waals surface area (Å²) in [6.45, 7) is 0. The lowest BCUT2D eigenvalue weighted by atomic mass is 9.86. The first-order valence-corrected chi connectivity index (χ1v) is 5.97. The highest BCUT2D eigenvalue weighted by Gasteiger charge is 2.28. The van der Waals surface area contributed by atoms with Crippen molar-refractivity contribution >= 4 is 17.8 Å². The quantitative estimate of drug-likeness (QED) is 0.498. The van der Waals surface area contributed by atoms with E-state index in [1.807, 2.05) is 0 Å². The number of carboxylic acids is 1. The van der Waals surface area contributed by atoms with Gasteiger partial charge in [-0.05, 0) is 25.7 Å². The molecule has 1 atom stereocenters. The fourth-order valence-electron chi connectivity index (χ4n) is 2.07. The van der Waals surface area contributed by atoms with Gasteiger partial charge in [0.05, 0.1) is 6.42 Å². The molecule has 0 spiro atoms. The lowest BCUT2D eigenvalue weighted by Crippen LogP contribution is -2.46. The monoisotopic (exact) mass is 257 g/mol. The third-order valence-corrected chi connectivity index (χ3v) is 3.16. The molecule has 0 bridgehead atoms. The van der Waals surface area contributed by atoms with Crippen LogP contribution < -0.4 is 16.8 Å². The maximum Gasteiger partial charge on any atom is 0.326 e. The standard InChI is InChI=1S/C11H19N3O4/c12-7-3-1-6(2-4-7)10(16)14-8(11(17)18)5-9(13)15/h6-8H,1-5,12H2,(H2,13,15)(H,14,16)(H,17,18). The van der Waals surface area contributed by atoms with E-state index in [2.05, 4.69) is 5.32 Å². The molecule has 0 aromatic heterocycles. The topological polar surface area (TPSA) is 136 Å². The second-order valence-electron chi connectivity index (χ2n) is 4.68. The smallest absolute Gasteiger partial charge is 0.326 e. The Labute approximate surface area is 105 Å². The van der Waals surface area contributed by atoms with E-state index in [1.165, 1.54) is 0 Å². The third kappa shape index (κ3) is 4.33. The molecule has 1 aliphatic carbocycles. The van der Waals surface area contributed by atoms with E-state index in [0.29, 0.717) is 12.8 Å². The summed E-state index contributed by atoms with van der Waals surface area (Å²) < 4.78 is 0. The second-order valence-corrected chi connectivity index (χ2v) is 4.68. The van der Waals surface area contributed by atoms with Crippen LogP contribution in [-0.4, -0.2) is 35.0 Å². The van der Waals surface area contributed by atoms with Gasteiger partial charge in [-0.2, -0.15) is 0 Å². The molecule has 2 amide bonds. The summed E-state index contributed by atoms with van der Waals surface area (Å²) in [6, 6.07) is -1.12. The number of nitrogens with one attached hydrogen (secondary N) is 1. The minimum Gasteiger partial charge on any atom is -0.480 e. The highest BCUT2D eigenvalue weighted by molar-refractivity contribution is 5.88. The molecule has 0 saturated heterocycles. The van der Waals surface area contributed by atoms with Crippen molar-refractivity contribution in [1.29, 1.82) is 0 Å². The number of hydrogen-bond donors (Lipinski definition) is 4. The molecule has 1 rings (SSSR count). The van der Waals surface area contributed by atoms with Crippen LogP contribution in [-0.2, 0) is 14.4 Å². The van der Waals surface area contributed by atoms with Gasteiger partial charge < -0.3 is 21.9 Å². The van der Waals surface area contributed by atoms with E-state index in [0.717, 1.165) is 12.8 Å². The molecule has 0 aliphatic heterocycles. The number of amides is 2. The van der Waals surface area contributed by atoms with Crippen molar-refractivity contribution in [2.45, 2.75) is 44.2 Å². The summed E-state index contributed by atoms with van der Waals surface area (Å²) in [5, 5.41) is 11.2. The Balaban J connectivity index is 2.50. The SMILES string of the molecule is NC(=O)CC(NC(=O)C1CCC(N)CC1)C(=O)O. The molecule has 7 heteroatoms. The fourth-order valence-corrected chi connectivity index (χ4v) is 2.07. The number of carboxylic acid groups (broad SMARTS) is 1. The number of carbonyl (C=O) groups is 3. The fraction of sp³-hybridized carbons (Fsp3) is 0.727. The molecule has 1 fully saturated rings. The predicted octanol–water partition coefficient (Wildman–Crippen LogP) is -1.05. The number of nitrogens with two attached hydrogens (primary N) is 2. The predicted molar refractivity (Wildman–Crippen MR) is 63.3 cm³/mol. The molecule has 0 aromatic carbocycles. The van der Waals surface area contributed by atoms with Crippen LogP contribution in [0.3, 0.4) is 0 Å². The first kappa shape index (κ1) is 14.4. The lowest BCUT2D eigenvalue weighted by Gasteiger charge is -2.26. The van der Waals surface area contributed by atoms with Crippen LogP contribution in [0.15, 0.2) is 0 Å². The van der Waals surface area contributed by atoms with Gasteiger partial charge in [-0.3, -0.25) is 9.59 Å². The van der Waals surface area contributed by atoms with Crippen molar-refractivity contribution in [3.05, 3.63) is 0 Å².